The van der Waals surface area contributed by atoms with Crippen LogP contribution in [0.25, 0.3) is 0 Å². The summed E-state index contributed by atoms with van der Waals surface area (Å²) in [4.78, 5) is 40.1. The number of alkyl carbamates (subject to hydrolysis) is 1. The molecule has 13 nitrogen and oxygen atoms in total. The molecule has 0 bridgehead atoms. The number of carbonyl (C=O) groups is 3. The van der Waals surface area contributed by atoms with Crippen molar-refractivity contribution < 1.29 is 38.1 Å². The zero-order valence-electron chi connectivity index (χ0n) is 23.3. The van der Waals surface area contributed by atoms with Gasteiger partial charge in [-0.15, -0.1) is 5.10 Å². The molecule has 1 aromatic heterocycles. The van der Waals surface area contributed by atoms with E-state index in [1.807, 2.05) is 12.1 Å². The molecule has 2 heterocycles. The van der Waals surface area contributed by atoms with Crippen LogP contribution in [0.3, 0.4) is 0 Å². The molecule has 0 unspecified atom stereocenters. The number of nitrogens with zero attached hydrogens (tertiary/aromatic N) is 3. The Balaban J connectivity index is 1.89. The quantitative estimate of drug-likeness (QED) is 0.388. The average Bonchev–Trinajstić information content (AvgIpc) is 3.45. The lowest BCUT2D eigenvalue weighted by Crippen LogP contribution is -2.46. The summed E-state index contributed by atoms with van der Waals surface area (Å²) in [5.41, 5.74) is -0.264. The maximum Gasteiger partial charge on any atom is 0.509 e. The van der Waals surface area contributed by atoms with Gasteiger partial charge >= 0.3 is 18.3 Å². The average molecular weight is 548 g/mol. The van der Waals surface area contributed by atoms with Crippen LogP contribution in [0.15, 0.2) is 30.5 Å². The third-order valence-corrected chi connectivity index (χ3v) is 5.52. The molecule has 2 N–H and O–H groups in total. The maximum absolute atomic E-state index is 13.3. The van der Waals surface area contributed by atoms with Gasteiger partial charge in [-0.2, -0.15) is 0 Å². The molecule has 2 aromatic rings. The highest BCUT2D eigenvalue weighted by molar-refractivity contribution is 5.71. The number of methoxy groups -OCH3 is 1. The van der Waals surface area contributed by atoms with Crippen molar-refractivity contribution in [1.82, 2.24) is 25.6 Å². The first-order chi connectivity index (χ1) is 18.2. The zero-order chi connectivity index (χ0) is 28.8. The van der Waals surface area contributed by atoms with Gasteiger partial charge in [-0.05, 0) is 65.7 Å². The van der Waals surface area contributed by atoms with Crippen LogP contribution < -0.4 is 10.1 Å². The number of rotatable bonds is 7. The van der Waals surface area contributed by atoms with Crippen molar-refractivity contribution >= 4 is 18.3 Å². The predicted molar refractivity (Wildman–Crippen MR) is 138 cm³/mol. The van der Waals surface area contributed by atoms with E-state index in [-0.39, 0.29) is 19.5 Å². The van der Waals surface area contributed by atoms with Gasteiger partial charge in [0.15, 0.2) is 12.2 Å². The lowest BCUT2D eigenvalue weighted by Gasteiger charge is -2.30. The second kappa shape index (κ2) is 12.2. The molecule has 1 fully saturated rings. The predicted octanol–water partition coefficient (Wildman–Crippen LogP) is 3.59. The summed E-state index contributed by atoms with van der Waals surface area (Å²) in [7, 11) is 1.57. The number of H-pyrrole nitrogens is 1. The van der Waals surface area contributed by atoms with E-state index >= 15 is 0 Å². The van der Waals surface area contributed by atoms with Gasteiger partial charge in [-0.1, -0.05) is 17.3 Å². The van der Waals surface area contributed by atoms with Crippen molar-refractivity contribution in [3.8, 4) is 5.75 Å². The van der Waals surface area contributed by atoms with Crippen LogP contribution in [0.4, 0.5) is 14.4 Å². The van der Waals surface area contributed by atoms with Crippen molar-refractivity contribution in [2.24, 2.45) is 0 Å². The van der Waals surface area contributed by atoms with Crippen molar-refractivity contribution in [3.05, 3.63) is 41.7 Å². The first-order valence-corrected chi connectivity index (χ1v) is 12.6. The highest BCUT2D eigenvalue weighted by atomic mass is 16.7. The van der Waals surface area contributed by atoms with Crippen molar-refractivity contribution in [3.63, 3.8) is 0 Å². The number of carbonyl (C=O) groups excluding carboxylic acids is 3. The van der Waals surface area contributed by atoms with Crippen molar-refractivity contribution in [2.75, 3.05) is 13.7 Å². The Morgan fingerprint density at radius 3 is 2.26 bits per heavy atom. The van der Waals surface area contributed by atoms with Crippen LogP contribution in [-0.2, 0) is 31.9 Å². The Kier molecular flexibility index (Phi) is 9.25. The second-order valence-corrected chi connectivity index (χ2v) is 11.1. The van der Waals surface area contributed by atoms with E-state index < -0.39 is 47.8 Å². The smallest absolute Gasteiger partial charge is 0.497 e. The summed E-state index contributed by atoms with van der Waals surface area (Å²) in [6.45, 7) is 10.3. The topological polar surface area (TPSA) is 154 Å². The molecule has 214 valence electrons. The molecule has 1 aromatic carbocycles. The number of likely N-dealkylation sites (tertiary alicyclic amines) is 1. The van der Waals surface area contributed by atoms with Crippen LogP contribution in [0.2, 0.25) is 0 Å². The Hall–Kier alpha value is -4.03. The molecular weight excluding hydrogens is 510 g/mol. The Morgan fingerprint density at radius 1 is 1.03 bits per heavy atom. The van der Waals surface area contributed by atoms with E-state index in [2.05, 4.69) is 20.7 Å². The third kappa shape index (κ3) is 9.04. The number of hydrogen-bond donors (Lipinski definition) is 2. The molecule has 13 heteroatoms. The van der Waals surface area contributed by atoms with Gasteiger partial charge in [-0.25, -0.2) is 14.4 Å². The molecule has 3 rings (SSSR count). The van der Waals surface area contributed by atoms with Gasteiger partial charge in [0.2, 0.25) is 0 Å². The van der Waals surface area contributed by atoms with Crippen LogP contribution in [0, 0.1) is 0 Å². The summed E-state index contributed by atoms with van der Waals surface area (Å²) in [5, 5.41) is 12.6. The highest BCUT2D eigenvalue weighted by Crippen LogP contribution is 2.30. The SMILES string of the molecule is COc1ccc(C[C@@H]2[C@H](OC(=O)NCc3c[nH]nn3)[C@@H](OC(=O)OC(C)(C)C)CN2C(=O)OC(C)(C)C)cc1. The molecule has 0 aliphatic carbocycles. The van der Waals surface area contributed by atoms with Crippen LogP contribution in [0.1, 0.15) is 52.8 Å². The standard InChI is InChI=1S/C26H37N5O8/c1-25(2,3)38-23(33)31-15-20(36-24(34)39-26(4,5)6)21(37-22(32)27-13-17-14-28-30-29-17)19(31)12-16-8-10-18(35-7)11-9-16/h8-11,14,19-21H,12-13,15H2,1-7H3,(H,27,32)(H,28,29,30)/t19-,20+,21+/m1/s1. The molecule has 0 radical (unpaired) electrons. The van der Waals surface area contributed by atoms with E-state index in [9.17, 15) is 14.4 Å². The van der Waals surface area contributed by atoms with Gasteiger partial charge < -0.3 is 29.0 Å². The molecule has 39 heavy (non-hydrogen) atoms. The van der Waals surface area contributed by atoms with Gasteiger partial charge in [0.1, 0.15) is 22.6 Å². The zero-order valence-corrected chi connectivity index (χ0v) is 23.3. The van der Waals surface area contributed by atoms with Gasteiger partial charge in [0, 0.05) is 6.20 Å². The molecule has 1 saturated heterocycles. The van der Waals surface area contributed by atoms with E-state index in [0.29, 0.717) is 11.4 Å². The number of aromatic nitrogens is 3. The number of amides is 2. The van der Waals surface area contributed by atoms with Gasteiger partial charge in [0.05, 0.1) is 26.2 Å². The number of aromatic amines is 1. The molecule has 3 atom stereocenters. The summed E-state index contributed by atoms with van der Waals surface area (Å²) < 4.78 is 27.6. The Bertz CT molecular complexity index is 1110. The van der Waals surface area contributed by atoms with Crippen molar-refractivity contribution in [1.29, 1.82) is 0 Å². The summed E-state index contributed by atoms with van der Waals surface area (Å²) in [6, 6.07) is 6.54. The minimum Gasteiger partial charge on any atom is -0.497 e. The summed E-state index contributed by atoms with van der Waals surface area (Å²) >= 11 is 0. The second-order valence-electron chi connectivity index (χ2n) is 11.1. The number of benzene rings is 1. The fraction of sp³-hybridized carbons (Fsp3) is 0.577. The summed E-state index contributed by atoms with van der Waals surface area (Å²) in [6.07, 6.45) is -2.62. The first kappa shape index (κ1) is 29.5. The highest BCUT2D eigenvalue weighted by Gasteiger charge is 2.50. The van der Waals surface area contributed by atoms with E-state index in [4.69, 9.17) is 23.7 Å². The lowest BCUT2D eigenvalue weighted by atomic mass is 10.0. The van der Waals surface area contributed by atoms with E-state index in [1.54, 1.807) is 60.8 Å². The fourth-order valence-corrected chi connectivity index (χ4v) is 3.91. The minimum atomic E-state index is -1.04. The van der Waals surface area contributed by atoms with Crippen LogP contribution in [-0.4, -0.2) is 81.8 Å². The largest absolute Gasteiger partial charge is 0.509 e. The molecule has 0 saturated carbocycles. The molecule has 0 spiro atoms. The van der Waals surface area contributed by atoms with Crippen LogP contribution >= 0.6 is 0 Å². The van der Waals surface area contributed by atoms with Crippen LogP contribution in [0.5, 0.6) is 5.75 Å². The third-order valence-electron chi connectivity index (χ3n) is 5.52. The van der Waals surface area contributed by atoms with Gasteiger partial charge in [0.25, 0.3) is 0 Å². The molecular formula is C26H37N5O8. The van der Waals surface area contributed by atoms with E-state index in [0.717, 1.165) is 5.56 Å². The minimum absolute atomic E-state index is 0.0541. The molecule has 2 amide bonds. The maximum atomic E-state index is 13.3. The Morgan fingerprint density at radius 2 is 1.69 bits per heavy atom. The summed E-state index contributed by atoms with van der Waals surface area (Å²) in [5.74, 6) is 0.667. The number of nitrogens with one attached hydrogen (secondary N) is 2. The normalized spacial score (nSPS) is 19.3. The first-order valence-electron chi connectivity index (χ1n) is 12.6. The fourth-order valence-electron chi connectivity index (χ4n) is 3.91. The molecule has 1 aliphatic heterocycles. The number of hydrogen-bond acceptors (Lipinski definition) is 10. The Labute approximate surface area is 227 Å². The number of ether oxygens (including phenoxy) is 5. The lowest BCUT2D eigenvalue weighted by molar-refractivity contribution is -0.0518. The molecule has 1 aliphatic rings. The van der Waals surface area contributed by atoms with Crippen molar-refractivity contribution in [2.45, 2.75) is 84.0 Å². The van der Waals surface area contributed by atoms with Gasteiger partial charge in [-0.3, -0.25) is 10.00 Å². The van der Waals surface area contributed by atoms with E-state index in [1.165, 1.54) is 11.1 Å². The monoisotopic (exact) mass is 547 g/mol.